The monoisotopic (exact) mass is 133 g/mol. The minimum absolute atomic E-state index is 0.816. The summed E-state index contributed by atoms with van der Waals surface area (Å²) in [6, 6.07) is 4.13. The Morgan fingerprint density at radius 3 is 3.40 bits per heavy atom. The van der Waals surface area contributed by atoms with E-state index in [0.29, 0.717) is 0 Å². The van der Waals surface area contributed by atoms with E-state index in [2.05, 4.69) is 16.4 Å². The van der Waals surface area contributed by atoms with Crippen molar-refractivity contribution >= 4 is 0 Å². The molecule has 0 radical (unpaired) electrons. The van der Waals surface area contributed by atoms with Gasteiger partial charge in [0.1, 0.15) is 0 Å². The van der Waals surface area contributed by atoms with Crippen LogP contribution in [0.3, 0.4) is 0 Å². The van der Waals surface area contributed by atoms with Gasteiger partial charge in [0.2, 0.25) is 0 Å². The number of nitrogens with zero attached hydrogens (tertiary/aromatic N) is 2. The largest absolute Gasteiger partial charge is 0.657 e. The first-order chi connectivity index (χ1) is 4.97. The number of hydrogen-bond donors (Lipinski definition) is 0. The molecule has 0 aliphatic carbocycles. The predicted molar refractivity (Wildman–Crippen MR) is 39.9 cm³/mol. The molecule has 2 heterocycles. The Bertz CT molecular complexity index is 207. The summed E-state index contributed by atoms with van der Waals surface area (Å²) < 4.78 is 0. The molecule has 0 saturated heterocycles. The van der Waals surface area contributed by atoms with Crippen LogP contribution in [0.5, 0.6) is 0 Å². The normalized spacial score (nSPS) is 16.4. The van der Waals surface area contributed by atoms with Gasteiger partial charge in [-0.15, -0.1) is 13.1 Å². The van der Waals surface area contributed by atoms with Crippen molar-refractivity contribution in [1.82, 2.24) is 4.98 Å². The van der Waals surface area contributed by atoms with Crippen molar-refractivity contribution in [2.75, 3.05) is 6.54 Å². The first kappa shape index (κ1) is 5.86. The molecule has 1 aromatic heterocycles. The Kier molecular flexibility index (Phi) is 1.40. The van der Waals surface area contributed by atoms with Gasteiger partial charge in [-0.25, -0.2) is 0 Å². The van der Waals surface area contributed by atoms with Gasteiger partial charge in [-0.1, -0.05) is 6.07 Å². The molecule has 1 aromatic rings. The lowest BCUT2D eigenvalue weighted by molar-refractivity contribution is 0.866. The lowest BCUT2D eigenvalue weighted by atomic mass is 10.1. The van der Waals surface area contributed by atoms with Crippen molar-refractivity contribution in [3.63, 3.8) is 0 Å². The minimum Gasteiger partial charge on any atom is -0.657 e. The van der Waals surface area contributed by atoms with E-state index in [1.165, 1.54) is 5.56 Å². The Hall–Kier alpha value is -0.890. The van der Waals surface area contributed by atoms with Crippen molar-refractivity contribution in [2.45, 2.75) is 13.0 Å². The zero-order valence-electron chi connectivity index (χ0n) is 5.75. The molecule has 0 aromatic carbocycles. The van der Waals surface area contributed by atoms with Crippen LogP contribution >= 0.6 is 0 Å². The molecule has 0 unspecified atom stereocenters. The molecule has 2 heteroatoms. The fourth-order valence-corrected chi connectivity index (χ4v) is 1.23. The molecule has 0 atom stereocenters. The number of aromatic nitrogens is 1. The summed E-state index contributed by atoms with van der Waals surface area (Å²) in [6.45, 7) is 1.79. The van der Waals surface area contributed by atoms with Gasteiger partial charge in [0.15, 0.2) is 0 Å². The average molecular weight is 133 g/mol. The predicted octanol–water partition coefficient (Wildman–Crippen LogP) is 1.51. The molecule has 0 amide bonds. The lowest BCUT2D eigenvalue weighted by Crippen LogP contribution is -2.06. The van der Waals surface area contributed by atoms with E-state index in [4.69, 9.17) is 0 Å². The van der Waals surface area contributed by atoms with Gasteiger partial charge in [-0.2, -0.15) is 0 Å². The van der Waals surface area contributed by atoms with E-state index in [-0.39, 0.29) is 0 Å². The fourth-order valence-electron chi connectivity index (χ4n) is 1.23. The molecule has 52 valence electrons. The number of hydrogen-bond acceptors (Lipinski definition) is 1. The maximum Gasteiger partial charge on any atom is 0.0270 e. The highest BCUT2D eigenvalue weighted by molar-refractivity contribution is 5.25. The van der Waals surface area contributed by atoms with Gasteiger partial charge in [0.25, 0.3) is 0 Å². The zero-order valence-corrected chi connectivity index (χ0v) is 5.75. The van der Waals surface area contributed by atoms with E-state index in [1.54, 1.807) is 0 Å². The molecule has 10 heavy (non-hydrogen) atoms. The van der Waals surface area contributed by atoms with Gasteiger partial charge >= 0.3 is 0 Å². The highest BCUT2D eigenvalue weighted by Gasteiger charge is 1.99. The molecule has 2 rings (SSSR count). The molecule has 1 aliphatic heterocycles. The van der Waals surface area contributed by atoms with Crippen LogP contribution in [0.4, 0.5) is 0 Å². The Morgan fingerprint density at radius 2 is 2.50 bits per heavy atom. The van der Waals surface area contributed by atoms with E-state index in [0.717, 1.165) is 25.2 Å². The summed E-state index contributed by atoms with van der Waals surface area (Å²) in [6.07, 6.45) is 2.91. The van der Waals surface area contributed by atoms with Crippen LogP contribution in [-0.2, 0) is 13.0 Å². The summed E-state index contributed by atoms with van der Waals surface area (Å²) in [7, 11) is 0. The average Bonchev–Trinajstić information content (AvgIpc) is 2.05. The summed E-state index contributed by atoms with van der Waals surface area (Å²) >= 11 is 0. The number of fused-ring (bicyclic) bond motifs is 1. The number of rotatable bonds is 0. The topological polar surface area (TPSA) is 27.0 Å². The first-order valence-electron chi connectivity index (χ1n) is 3.53. The second-order valence-electron chi connectivity index (χ2n) is 2.46. The van der Waals surface area contributed by atoms with Crippen molar-refractivity contribution in [1.29, 1.82) is 0 Å². The molecular formula is C8H9N2-. The van der Waals surface area contributed by atoms with Crippen LogP contribution in [-0.4, -0.2) is 11.5 Å². The third-order valence-corrected chi connectivity index (χ3v) is 1.79. The summed E-state index contributed by atoms with van der Waals surface area (Å²) in [5.74, 6) is 0. The van der Waals surface area contributed by atoms with Crippen LogP contribution in [0, 0.1) is 0 Å². The Labute approximate surface area is 60.3 Å². The quantitative estimate of drug-likeness (QED) is 0.527. The van der Waals surface area contributed by atoms with Crippen LogP contribution in [0.2, 0.25) is 0 Å². The van der Waals surface area contributed by atoms with E-state index in [1.807, 2.05) is 12.3 Å². The van der Waals surface area contributed by atoms with Crippen LogP contribution in [0.1, 0.15) is 11.3 Å². The first-order valence-corrected chi connectivity index (χ1v) is 3.53. The van der Waals surface area contributed by atoms with Crippen molar-refractivity contribution in [3.05, 3.63) is 34.9 Å². The van der Waals surface area contributed by atoms with Gasteiger partial charge in [-0.05, 0) is 18.1 Å². The maximum absolute atomic E-state index is 4.26. The van der Waals surface area contributed by atoms with Crippen LogP contribution < -0.4 is 0 Å². The molecular weight excluding hydrogens is 124 g/mol. The standard InChI is InChI=1S/C8H9N2/c1-2-7-3-5-9-6-8(7)10-4-1/h1-2,4H,3,5-6H2/q-1. The van der Waals surface area contributed by atoms with E-state index >= 15 is 0 Å². The molecule has 0 saturated carbocycles. The van der Waals surface area contributed by atoms with Gasteiger partial charge in [-0.3, -0.25) is 4.98 Å². The van der Waals surface area contributed by atoms with Crippen molar-refractivity contribution in [3.8, 4) is 0 Å². The second-order valence-corrected chi connectivity index (χ2v) is 2.46. The van der Waals surface area contributed by atoms with Gasteiger partial charge in [0, 0.05) is 11.9 Å². The maximum atomic E-state index is 4.26. The van der Waals surface area contributed by atoms with E-state index in [9.17, 15) is 0 Å². The zero-order chi connectivity index (χ0) is 6.81. The summed E-state index contributed by atoms with van der Waals surface area (Å²) in [5.41, 5.74) is 2.53. The highest BCUT2D eigenvalue weighted by Crippen LogP contribution is 2.15. The summed E-state index contributed by atoms with van der Waals surface area (Å²) in [5, 5.41) is 4.26. The second kappa shape index (κ2) is 2.39. The minimum atomic E-state index is 0.816. The van der Waals surface area contributed by atoms with E-state index < -0.39 is 0 Å². The van der Waals surface area contributed by atoms with Crippen molar-refractivity contribution in [2.24, 2.45) is 0 Å². The third-order valence-electron chi connectivity index (χ3n) is 1.79. The number of pyridine rings is 1. The third kappa shape index (κ3) is 0.907. The van der Waals surface area contributed by atoms with Crippen LogP contribution in [0.15, 0.2) is 18.3 Å². The lowest BCUT2D eigenvalue weighted by Gasteiger charge is -2.26. The molecule has 0 spiro atoms. The Morgan fingerprint density at radius 1 is 1.50 bits per heavy atom. The van der Waals surface area contributed by atoms with Gasteiger partial charge in [0.05, 0.1) is 0 Å². The SMILES string of the molecule is c1cnc2c(c1)CC[N-]C2. The van der Waals surface area contributed by atoms with Crippen molar-refractivity contribution < 1.29 is 0 Å². The molecule has 0 fully saturated rings. The molecule has 0 N–H and O–H groups in total. The molecule has 1 aliphatic rings. The van der Waals surface area contributed by atoms with Crippen LogP contribution in [0.25, 0.3) is 5.32 Å². The fraction of sp³-hybridized carbons (Fsp3) is 0.375. The molecule has 2 nitrogen and oxygen atoms in total. The summed E-state index contributed by atoms with van der Waals surface area (Å²) in [4.78, 5) is 4.23. The highest BCUT2D eigenvalue weighted by atomic mass is 14.9. The Balaban J connectivity index is 2.41. The molecule has 0 bridgehead atoms. The van der Waals surface area contributed by atoms with Gasteiger partial charge < -0.3 is 5.32 Å². The smallest absolute Gasteiger partial charge is 0.0270 e.